The molecule has 1 nitrogen and oxygen atoms in total. The number of hydrogen-bond acceptors (Lipinski definition) is 1. The summed E-state index contributed by atoms with van der Waals surface area (Å²) < 4.78 is 0. The lowest BCUT2D eigenvalue weighted by atomic mass is 9.78. The number of benzene rings is 7. The molecule has 0 spiro atoms. The lowest BCUT2D eigenvalue weighted by molar-refractivity contribution is 0.704. The Hall–Kier alpha value is -5.92. The first kappa shape index (κ1) is 29.5. The summed E-state index contributed by atoms with van der Waals surface area (Å²) in [4.78, 5) is 2.35. The number of allylic oxidation sites excluding steroid dienone is 1. The minimum atomic E-state index is -0.0415. The molecule has 7 aromatic carbocycles. The van der Waals surface area contributed by atoms with Gasteiger partial charge in [-0.05, 0) is 98.1 Å². The van der Waals surface area contributed by atoms with E-state index in [0.29, 0.717) is 0 Å². The lowest BCUT2D eigenvalue weighted by Crippen LogP contribution is -2.16. The van der Waals surface area contributed by atoms with Crippen LogP contribution in [-0.2, 0) is 5.41 Å². The Morgan fingerprint density at radius 1 is 0.333 bits per heavy atom. The first-order valence-electron chi connectivity index (χ1n) is 16.7. The van der Waals surface area contributed by atoms with Crippen LogP contribution in [0.1, 0.15) is 30.5 Å². The van der Waals surface area contributed by atoms with E-state index in [1.165, 1.54) is 55.6 Å². The van der Waals surface area contributed by atoms with Crippen LogP contribution in [0.5, 0.6) is 0 Å². The molecule has 0 atom stereocenters. The van der Waals surface area contributed by atoms with E-state index < -0.39 is 0 Å². The van der Waals surface area contributed by atoms with Crippen LogP contribution in [0, 0.1) is 0 Å². The number of fused-ring (bicyclic) bond motifs is 1. The molecule has 0 bridgehead atoms. The first-order chi connectivity index (χ1) is 23.5. The topological polar surface area (TPSA) is 3.24 Å². The van der Waals surface area contributed by atoms with Crippen molar-refractivity contribution in [2.75, 3.05) is 4.90 Å². The summed E-state index contributed by atoms with van der Waals surface area (Å²) in [6.45, 7) is 4.66. The monoisotopic (exact) mass is 615 g/mol. The van der Waals surface area contributed by atoms with E-state index in [2.05, 4.69) is 207 Å². The standard InChI is InChI=1S/C47H37N/c1-47(2)45-16-10-9-15-41(45)33-46(47)40-25-31-44(32-26-40)48(42-27-21-38(22-28-42)35-13-7-4-8-14-35)43-29-23-39(24-30-43)37-19-17-36(18-20-37)34-11-5-3-6-12-34/h3-33H,1-2H3. The van der Waals surface area contributed by atoms with Crippen molar-refractivity contribution in [3.63, 3.8) is 0 Å². The Labute approximate surface area is 284 Å². The molecule has 0 N–H and O–H groups in total. The highest BCUT2D eigenvalue weighted by molar-refractivity contribution is 5.94. The molecule has 0 amide bonds. The lowest BCUT2D eigenvalue weighted by Gasteiger charge is -2.28. The van der Waals surface area contributed by atoms with Gasteiger partial charge in [0.15, 0.2) is 0 Å². The van der Waals surface area contributed by atoms with E-state index in [-0.39, 0.29) is 5.41 Å². The number of hydrogen-bond donors (Lipinski definition) is 0. The number of anilines is 3. The smallest absolute Gasteiger partial charge is 0.0462 e. The van der Waals surface area contributed by atoms with E-state index in [1.807, 2.05) is 0 Å². The van der Waals surface area contributed by atoms with Crippen molar-refractivity contribution in [3.05, 3.63) is 199 Å². The van der Waals surface area contributed by atoms with Crippen molar-refractivity contribution in [3.8, 4) is 33.4 Å². The summed E-state index contributed by atoms with van der Waals surface area (Å²) in [5.74, 6) is 0. The van der Waals surface area contributed by atoms with Crippen LogP contribution in [0.2, 0.25) is 0 Å². The van der Waals surface area contributed by atoms with E-state index in [0.717, 1.165) is 17.1 Å². The molecule has 1 aliphatic carbocycles. The summed E-state index contributed by atoms with van der Waals surface area (Å²) in [5.41, 5.74) is 15.9. The molecule has 0 fully saturated rings. The average molecular weight is 616 g/mol. The third-order valence-corrected chi connectivity index (χ3v) is 9.73. The molecule has 0 unspecified atom stereocenters. The van der Waals surface area contributed by atoms with Gasteiger partial charge in [-0.25, -0.2) is 0 Å². The molecule has 1 heteroatoms. The van der Waals surface area contributed by atoms with Gasteiger partial charge in [-0.15, -0.1) is 0 Å². The number of rotatable bonds is 7. The van der Waals surface area contributed by atoms with Gasteiger partial charge in [-0.3, -0.25) is 0 Å². The average Bonchev–Trinajstić information content (AvgIpc) is 3.43. The second kappa shape index (κ2) is 12.4. The maximum Gasteiger partial charge on any atom is 0.0462 e. The van der Waals surface area contributed by atoms with Gasteiger partial charge >= 0.3 is 0 Å². The Morgan fingerprint density at radius 2 is 0.667 bits per heavy atom. The highest BCUT2D eigenvalue weighted by Crippen LogP contribution is 2.47. The molecule has 0 heterocycles. The van der Waals surface area contributed by atoms with Gasteiger partial charge in [-0.2, -0.15) is 0 Å². The van der Waals surface area contributed by atoms with Gasteiger partial charge in [0.2, 0.25) is 0 Å². The molecule has 0 saturated heterocycles. The van der Waals surface area contributed by atoms with Gasteiger partial charge in [0.1, 0.15) is 0 Å². The van der Waals surface area contributed by atoms with Crippen LogP contribution < -0.4 is 4.90 Å². The van der Waals surface area contributed by atoms with Crippen LogP contribution >= 0.6 is 0 Å². The van der Waals surface area contributed by atoms with Crippen LogP contribution in [-0.4, -0.2) is 0 Å². The fraction of sp³-hybridized carbons (Fsp3) is 0.0638. The summed E-state index contributed by atoms with van der Waals surface area (Å²) in [7, 11) is 0. The molecular formula is C47H37N. The molecule has 7 aromatic rings. The molecule has 0 saturated carbocycles. The fourth-order valence-electron chi connectivity index (χ4n) is 7.08. The molecule has 48 heavy (non-hydrogen) atoms. The maximum atomic E-state index is 2.36. The van der Waals surface area contributed by atoms with Crippen LogP contribution in [0.25, 0.3) is 45.0 Å². The van der Waals surface area contributed by atoms with E-state index in [1.54, 1.807) is 0 Å². The molecule has 1 aliphatic rings. The van der Waals surface area contributed by atoms with Crippen molar-refractivity contribution in [2.24, 2.45) is 0 Å². The molecule has 0 radical (unpaired) electrons. The van der Waals surface area contributed by atoms with Crippen molar-refractivity contribution in [1.82, 2.24) is 0 Å². The van der Waals surface area contributed by atoms with Crippen molar-refractivity contribution in [1.29, 1.82) is 0 Å². The second-order valence-corrected chi connectivity index (χ2v) is 13.1. The Kier molecular flexibility index (Phi) is 7.59. The minimum absolute atomic E-state index is 0.0415. The van der Waals surface area contributed by atoms with Gasteiger partial charge in [0, 0.05) is 22.5 Å². The second-order valence-electron chi connectivity index (χ2n) is 13.1. The summed E-state index contributed by atoms with van der Waals surface area (Å²) in [5, 5.41) is 0. The first-order valence-corrected chi connectivity index (χ1v) is 16.7. The normalized spacial score (nSPS) is 13.1. The largest absolute Gasteiger partial charge is 0.311 e. The predicted molar refractivity (Wildman–Crippen MR) is 205 cm³/mol. The van der Waals surface area contributed by atoms with Gasteiger partial charge in [-0.1, -0.05) is 159 Å². The Bertz CT molecular complexity index is 2190. The zero-order chi connectivity index (χ0) is 32.5. The van der Waals surface area contributed by atoms with Gasteiger partial charge in [0.25, 0.3) is 0 Å². The van der Waals surface area contributed by atoms with Gasteiger partial charge in [0.05, 0.1) is 0 Å². The molecular weight excluding hydrogens is 579 g/mol. The zero-order valence-electron chi connectivity index (χ0n) is 27.3. The van der Waals surface area contributed by atoms with Crippen molar-refractivity contribution in [2.45, 2.75) is 19.3 Å². The quantitative estimate of drug-likeness (QED) is 0.172. The molecule has 0 aromatic heterocycles. The minimum Gasteiger partial charge on any atom is -0.311 e. The highest BCUT2D eigenvalue weighted by Gasteiger charge is 2.33. The highest BCUT2D eigenvalue weighted by atomic mass is 15.1. The maximum absolute atomic E-state index is 2.36. The SMILES string of the molecule is CC1(C)C(c2ccc(N(c3ccc(-c4ccccc4)cc3)c3ccc(-c4ccc(-c5ccccc5)cc4)cc3)cc2)=Cc2ccccc21. The third-order valence-electron chi connectivity index (χ3n) is 9.73. The Balaban J connectivity index is 1.13. The van der Waals surface area contributed by atoms with E-state index in [9.17, 15) is 0 Å². The zero-order valence-corrected chi connectivity index (χ0v) is 27.3. The number of nitrogens with zero attached hydrogens (tertiary/aromatic N) is 1. The van der Waals surface area contributed by atoms with Crippen LogP contribution in [0.15, 0.2) is 182 Å². The van der Waals surface area contributed by atoms with E-state index in [4.69, 9.17) is 0 Å². The summed E-state index contributed by atoms with van der Waals surface area (Å²) >= 11 is 0. The summed E-state index contributed by atoms with van der Waals surface area (Å²) in [6.07, 6.45) is 2.36. The molecule has 8 rings (SSSR count). The van der Waals surface area contributed by atoms with Gasteiger partial charge < -0.3 is 4.90 Å². The van der Waals surface area contributed by atoms with E-state index >= 15 is 0 Å². The van der Waals surface area contributed by atoms with Crippen LogP contribution in [0.3, 0.4) is 0 Å². The predicted octanol–water partition coefficient (Wildman–Crippen LogP) is 13.0. The third kappa shape index (κ3) is 5.54. The fourth-order valence-corrected chi connectivity index (χ4v) is 7.08. The summed E-state index contributed by atoms with van der Waals surface area (Å²) in [6, 6.07) is 65.6. The van der Waals surface area contributed by atoms with Crippen LogP contribution in [0.4, 0.5) is 17.1 Å². The Morgan fingerprint density at radius 3 is 1.08 bits per heavy atom. The molecule has 0 aliphatic heterocycles. The van der Waals surface area contributed by atoms with Crippen molar-refractivity contribution >= 4 is 28.7 Å². The van der Waals surface area contributed by atoms with Crippen molar-refractivity contribution < 1.29 is 0 Å². The molecule has 230 valence electrons.